The lowest BCUT2D eigenvalue weighted by Crippen LogP contribution is -2.41. The third kappa shape index (κ3) is 2.56. The molecule has 2 fully saturated rings. The fraction of sp³-hybridized carbons (Fsp3) is 0.571. The van der Waals surface area contributed by atoms with Crippen molar-refractivity contribution < 1.29 is 9.53 Å². The summed E-state index contributed by atoms with van der Waals surface area (Å²) in [4.78, 5) is 16.5. The van der Waals surface area contributed by atoms with Crippen LogP contribution in [0, 0.1) is 0 Å². The number of pyridine rings is 1. The number of hydrogen-bond acceptors (Lipinski definition) is 4. The molecule has 0 saturated carbocycles. The Kier molecular flexibility index (Phi) is 3.38. The van der Waals surface area contributed by atoms with Crippen LogP contribution in [-0.4, -0.2) is 35.7 Å². The first-order valence-electron chi connectivity index (χ1n) is 6.93. The molecule has 2 saturated heterocycles. The summed E-state index contributed by atoms with van der Waals surface area (Å²) in [5.74, 6) is 0.625. The van der Waals surface area contributed by atoms with Gasteiger partial charge in [-0.25, -0.2) is 4.98 Å². The Morgan fingerprint density at radius 3 is 3.05 bits per heavy atom. The van der Waals surface area contributed by atoms with Crippen molar-refractivity contribution in [3.05, 3.63) is 23.9 Å². The van der Waals surface area contributed by atoms with Crippen LogP contribution in [0.25, 0.3) is 0 Å². The van der Waals surface area contributed by atoms with Crippen molar-refractivity contribution in [1.29, 1.82) is 0 Å². The SMILES string of the molecule is CCNc1cccc(C(=O)NC2CC3CCC2O3)n1. The number of carbonyl (C=O) groups is 1. The van der Waals surface area contributed by atoms with Gasteiger partial charge < -0.3 is 15.4 Å². The van der Waals surface area contributed by atoms with Crippen molar-refractivity contribution in [3.63, 3.8) is 0 Å². The summed E-state index contributed by atoms with van der Waals surface area (Å²) in [6, 6.07) is 5.60. The molecule has 2 aliphatic rings. The molecule has 1 amide bonds. The van der Waals surface area contributed by atoms with Gasteiger partial charge in [-0.2, -0.15) is 0 Å². The Labute approximate surface area is 112 Å². The molecule has 102 valence electrons. The number of rotatable bonds is 4. The van der Waals surface area contributed by atoms with Crippen LogP contribution in [0.1, 0.15) is 36.7 Å². The lowest BCUT2D eigenvalue weighted by Gasteiger charge is -2.19. The van der Waals surface area contributed by atoms with Crippen LogP contribution in [-0.2, 0) is 4.74 Å². The normalized spacial score (nSPS) is 28.4. The van der Waals surface area contributed by atoms with E-state index in [1.165, 1.54) is 0 Å². The van der Waals surface area contributed by atoms with Crippen molar-refractivity contribution in [3.8, 4) is 0 Å². The van der Waals surface area contributed by atoms with Crippen molar-refractivity contribution in [2.24, 2.45) is 0 Å². The molecular formula is C14H19N3O2. The van der Waals surface area contributed by atoms with Crippen molar-refractivity contribution in [1.82, 2.24) is 10.3 Å². The van der Waals surface area contributed by atoms with E-state index < -0.39 is 0 Å². The zero-order valence-electron chi connectivity index (χ0n) is 11.1. The average Bonchev–Trinajstić information content (AvgIpc) is 3.02. The lowest BCUT2D eigenvalue weighted by atomic mass is 9.95. The van der Waals surface area contributed by atoms with E-state index in [1.54, 1.807) is 6.07 Å². The largest absolute Gasteiger partial charge is 0.373 e. The first-order chi connectivity index (χ1) is 9.26. The molecular weight excluding hydrogens is 242 g/mol. The maximum Gasteiger partial charge on any atom is 0.270 e. The molecule has 5 heteroatoms. The molecule has 0 aliphatic carbocycles. The minimum atomic E-state index is -0.110. The third-order valence-corrected chi connectivity index (χ3v) is 3.76. The smallest absolute Gasteiger partial charge is 0.270 e. The molecule has 0 radical (unpaired) electrons. The minimum absolute atomic E-state index is 0.110. The van der Waals surface area contributed by atoms with E-state index in [0.717, 1.165) is 31.6 Å². The van der Waals surface area contributed by atoms with Crippen molar-refractivity contribution in [2.75, 3.05) is 11.9 Å². The van der Waals surface area contributed by atoms with E-state index in [1.807, 2.05) is 19.1 Å². The zero-order valence-corrected chi connectivity index (χ0v) is 11.1. The number of anilines is 1. The first kappa shape index (κ1) is 12.4. The Balaban J connectivity index is 1.65. The van der Waals surface area contributed by atoms with Crippen LogP contribution in [0.5, 0.6) is 0 Å². The Hall–Kier alpha value is -1.62. The highest BCUT2D eigenvalue weighted by molar-refractivity contribution is 5.92. The Bertz CT molecular complexity index is 478. The van der Waals surface area contributed by atoms with Crippen LogP contribution in [0.15, 0.2) is 18.2 Å². The van der Waals surface area contributed by atoms with E-state index in [9.17, 15) is 4.79 Å². The summed E-state index contributed by atoms with van der Waals surface area (Å²) in [6.45, 7) is 2.79. The molecule has 1 aromatic heterocycles. The van der Waals surface area contributed by atoms with Gasteiger partial charge in [-0.3, -0.25) is 4.79 Å². The number of nitrogens with one attached hydrogen (secondary N) is 2. The maximum absolute atomic E-state index is 12.2. The summed E-state index contributed by atoms with van der Waals surface area (Å²) in [5, 5.41) is 6.15. The van der Waals surface area contributed by atoms with Crippen LogP contribution in [0.3, 0.4) is 0 Å². The average molecular weight is 261 g/mol. The van der Waals surface area contributed by atoms with Gasteiger partial charge in [0.05, 0.1) is 18.2 Å². The summed E-state index contributed by atoms with van der Waals surface area (Å²) in [6.07, 6.45) is 3.66. The van der Waals surface area contributed by atoms with Gasteiger partial charge in [0.25, 0.3) is 5.91 Å². The first-order valence-corrected chi connectivity index (χ1v) is 6.93. The summed E-state index contributed by atoms with van der Waals surface area (Å²) < 4.78 is 5.74. The van der Waals surface area contributed by atoms with E-state index in [0.29, 0.717) is 11.8 Å². The van der Waals surface area contributed by atoms with Crippen molar-refractivity contribution in [2.45, 2.75) is 44.4 Å². The monoisotopic (exact) mass is 261 g/mol. The topological polar surface area (TPSA) is 63.2 Å². The van der Waals surface area contributed by atoms with Gasteiger partial charge >= 0.3 is 0 Å². The Morgan fingerprint density at radius 2 is 2.37 bits per heavy atom. The second-order valence-corrected chi connectivity index (χ2v) is 5.13. The number of amides is 1. The number of aromatic nitrogens is 1. The van der Waals surface area contributed by atoms with E-state index in [2.05, 4.69) is 15.6 Å². The fourth-order valence-corrected chi connectivity index (χ4v) is 2.87. The van der Waals surface area contributed by atoms with Gasteiger partial charge in [0.2, 0.25) is 0 Å². The summed E-state index contributed by atoms with van der Waals surface area (Å²) in [5.41, 5.74) is 0.459. The molecule has 3 atom stereocenters. The highest BCUT2D eigenvalue weighted by Gasteiger charge is 2.41. The van der Waals surface area contributed by atoms with Gasteiger partial charge in [-0.1, -0.05) is 6.07 Å². The summed E-state index contributed by atoms with van der Waals surface area (Å²) in [7, 11) is 0. The lowest BCUT2D eigenvalue weighted by molar-refractivity contribution is 0.0837. The molecule has 5 nitrogen and oxygen atoms in total. The standard InChI is InChI=1S/C14H19N3O2/c1-2-15-13-5-3-4-10(16-13)14(18)17-11-8-9-6-7-12(11)19-9/h3-5,9,11-12H,2,6-8H2,1H3,(H,15,16)(H,17,18). The van der Waals surface area contributed by atoms with Crippen molar-refractivity contribution >= 4 is 11.7 Å². The molecule has 2 N–H and O–H groups in total. The molecule has 1 aromatic rings. The Morgan fingerprint density at radius 1 is 1.47 bits per heavy atom. The van der Waals surface area contributed by atoms with E-state index >= 15 is 0 Å². The van der Waals surface area contributed by atoms with Gasteiger partial charge in [0, 0.05) is 6.54 Å². The highest BCUT2D eigenvalue weighted by Crippen LogP contribution is 2.34. The van der Waals surface area contributed by atoms with Crippen LogP contribution >= 0.6 is 0 Å². The molecule has 2 bridgehead atoms. The highest BCUT2D eigenvalue weighted by atomic mass is 16.5. The van der Waals surface area contributed by atoms with E-state index in [4.69, 9.17) is 4.74 Å². The molecule has 0 aromatic carbocycles. The quantitative estimate of drug-likeness (QED) is 0.863. The van der Waals surface area contributed by atoms with Gasteiger partial charge in [0.1, 0.15) is 11.5 Å². The number of ether oxygens (including phenoxy) is 1. The van der Waals surface area contributed by atoms with Crippen LogP contribution in [0.2, 0.25) is 0 Å². The third-order valence-electron chi connectivity index (χ3n) is 3.76. The maximum atomic E-state index is 12.2. The minimum Gasteiger partial charge on any atom is -0.373 e. The summed E-state index contributed by atoms with van der Waals surface area (Å²) >= 11 is 0. The van der Waals surface area contributed by atoms with E-state index in [-0.39, 0.29) is 18.1 Å². The van der Waals surface area contributed by atoms with Gasteiger partial charge in [-0.05, 0) is 38.3 Å². The number of fused-ring (bicyclic) bond motifs is 2. The number of hydrogen-bond donors (Lipinski definition) is 2. The molecule has 2 aliphatic heterocycles. The van der Waals surface area contributed by atoms with Gasteiger partial charge in [-0.15, -0.1) is 0 Å². The molecule has 19 heavy (non-hydrogen) atoms. The number of nitrogens with zero attached hydrogens (tertiary/aromatic N) is 1. The molecule has 0 spiro atoms. The molecule has 3 rings (SSSR count). The second kappa shape index (κ2) is 5.17. The van der Waals surface area contributed by atoms with Crippen LogP contribution in [0.4, 0.5) is 5.82 Å². The number of carbonyl (C=O) groups excluding carboxylic acids is 1. The van der Waals surface area contributed by atoms with Gasteiger partial charge in [0.15, 0.2) is 0 Å². The fourth-order valence-electron chi connectivity index (χ4n) is 2.87. The second-order valence-electron chi connectivity index (χ2n) is 5.13. The zero-order chi connectivity index (χ0) is 13.2. The van der Waals surface area contributed by atoms with Crippen LogP contribution < -0.4 is 10.6 Å². The predicted octanol–water partition coefficient (Wildman–Crippen LogP) is 1.56. The predicted molar refractivity (Wildman–Crippen MR) is 72.2 cm³/mol. The molecule has 3 unspecified atom stereocenters. The molecule has 3 heterocycles.